The van der Waals surface area contributed by atoms with Gasteiger partial charge in [-0.2, -0.15) is 0 Å². The van der Waals surface area contributed by atoms with Crippen molar-refractivity contribution in [2.24, 2.45) is 0 Å². The molecule has 2 N–H and O–H groups in total. The standard InChI is InChI=1S/C15H16N2O/c1-11(13-6-2-3-7-15(13)18)9-14(16)12-5-4-8-17-10-12/h2-8,10-11,16,18H,9H2,1H3. The number of aromatic hydroxyl groups is 1. The minimum atomic E-state index is 0.110. The van der Waals surface area contributed by atoms with E-state index in [0.717, 1.165) is 11.1 Å². The van der Waals surface area contributed by atoms with E-state index >= 15 is 0 Å². The Labute approximate surface area is 107 Å². The average molecular weight is 240 g/mol. The Kier molecular flexibility index (Phi) is 3.72. The van der Waals surface area contributed by atoms with E-state index in [1.165, 1.54) is 0 Å². The molecule has 2 rings (SSSR count). The van der Waals surface area contributed by atoms with Crippen LogP contribution in [0.1, 0.15) is 30.4 Å². The number of benzene rings is 1. The molecule has 0 amide bonds. The number of hydrogen-bond donors (Lipinski definition) is 2. The second-order valence-corrected chi connectivity index (χ2v) is 4.38. The third-order valence-electron chi connectivity index (χ3n) is 2.99. The van der Waals surface area contributed by atoms with Gasteiger partial charge >= 0.3 is 0 Å². The van der Waals surface area contributed by atoms with Gasteiger partial charge in [-0.1, -0.05) is 31.2 Å². The average Bonchev–Trinajstić information content (AvgIpc) is 2.40. The van der Waals surface area contributed by atoms with Crippen LogP contribution in [0.15, 0.2) is 48.8 Å². The van der Waals surface area contributed by atoms with Crippen molar-refractivity contribution in [1.29, 1.82) is 5.41 Å². The van der Waals surface area contributed by atoms with Crippen LogP contribution >= 0.6 is 0 Å². The zero-order chi connectivity index (χ0) is 13.0. The highest BCUT2D eigenvalue weighted by Gasteiger charge is 2.13. The number of phenols is 1. The van der Waals surface area contributed by atoms with Crippen LogP contribution in [0.25, 0.3) is 0 Å². The van der Waals surface area contributed by atoms with Gasteiger partial charge in [0.2, 0.25) is 0 Å². The summed E-state index contributed by atoms with van der Waals surface area (Å²) >= 11 is 0. The Morgan fingerprint density at radius 1 is 1.28 bits per heavy atom. The number of rotatable bonds is 4. The molecule has 92 valence electrons. The molecule has 0 radical (unpaired) electrons. The van der Waals surface area contributed by atoms with E-state index in [2.05, 4.69) is 4.98 Å². The van der Waals surface area contributed by atoms with E-state index in [9.17, 15) is 5.11 Å². The quantitative estimate of drug-likeness (QED) is 0.805. The molecule has 1 aromatic carbocycles. The number of phenolic OH excluding ortho intramolecular Hbond substituents is 1. The molecule has 0 saturated heterocycles. The summed E-state index contributed by atoms with van der Waals surface area (Å²) in [5.41, 5.74) is 2.25. The van der Waals surface area contributed by atoms with Crippen molar-refractivity contribution in [2.45, 2.75) is 19.3 Å². The van der Waals surface area contributed by atoms with Crippen molar-refractivity contribution >= 4 is 5.71 Å². The first kappa shape index (κ1) is 12.3. The molecular formula is C15H16N2O. The summed E-state index contributed by atoms with van der Waals surface area (Å²) in [6.45, 7) is 2.01. The van der Waals surface area contributed by atoms with Crippen molar-refractivity contribution in [1.82, 2.24) is 4.98 Å². The van der Waals surface area contributed by atoms with Gasteiger partial charge in [-0.25, -0.2) is 0 Å². The van der Waals surface area contributed by atoms with Crippen molar-refractivity contribution in [3.63, 3.8) is 0 Å². The number of hydrogen-bond acceptors (Lipinski definition) is 3. The molecule has 0 spiro atoms. The molecule has 3 nitrogen and oxygen atoms in total. The largest absolute Gasteiger partial charge is 0.508 e. The van der Waals surface area contributed by atoms with E-state index in [0.29, 0.717) is 17.9 Å². The van der Waals surface area contributed by atoms with E-state index in [4.69, 9.17) is 5.41 Å². The molecule has 0 bridgehead atoms. The van der Waals surface area contributed by atoms with E-state index in [1.807, 2.05) is 31.2 Å². The van der Waals surface area contributed by atoms with Gasteiger partial charge in [0, 0.05) is 23.7 Å². The summed E-state index contributed by atoms with van der Waals surface area (Å²) in [6.07, 6.45) is 3.98. The van der Waals surface area contributed by atoms with Crippen LogP contribution < -0.4 is 0 Å². The predicted molar refractivity (Wildman–Crippen MR) is 72.2 cm³/mol. The molecule has 1 heterocycles. The van der Waals surface area contributed by atoms with Crippen LogP contribution in [0.5, 0.6) is 5.75 Å². The van der Waals surface area contributed by atoms with Crippen LogP contribution in [0.3, 0.4) is 0 Å². The number of aromatic nitrogens is 1. The molecule has 1 unspecified atom stereocenters. The number of nitrogens with zero attached hydrogens (tertiary/aromatic N) is 1. The monoisotopic (exact) mass is 240 g/mol. The molecule has 18 heavy (non-hydrogen) atoms. The van der Waals surface area contributed by atoms with Crippen LogP contribution in [0, 0.1) is 5.41 Å². The maximum Gasteiger partial charge on any atom is 0.119 e. The Balaban J connectivity index is 2.11. The maximum absolute atomic E-state index is 9.78. The molecule has 1 atom stereocenters. The maximum atomic E-state index is 9.78. The van der Waals surface area contributed by atoms with E-state index in [-0.39, 0.29) is 5.92 Å². The number of para-hydroxylation sites is 1. The first-order valence-electron chi connectivity index (χ1n) is 5.94. The van der Waals surface area contributed by atoms with Crippen molar-refractivity contribution in [3.05, 3.63) is 59.9 Å². The predicted octanol–water partition coefficient (Wildman–Crippen LogP) is 3.35. The Hall–Kier alpha value is -2.16. The lowest BCUT2D eigenvalue weighted by atomic mass is 9.92. The zero-order valence-corrected chi connectivity index (χ0v) is 10.3. The lowest BCUT2D eigenvalue weighted by Gasteiger charge is -2.14. The van der Waals surface area contributed by atoms with Gasteiger partial charge in [0.05, 0.1) is 0 Å². The van der Waals surface area contributed by atoms with Gasteiger partial charge in [-0.15, -0.1) is 0 Å². The fourth-order valence-electron chi connectivity index (χ4n) is 1.98. The highest BCUT2D eigenvalue weighted by molar-refractivity contribution is 5.98. The molecule has 3 heteroatoms. The highest BCUT2D eigenvalue weighted by atomic mass is 16.3. The second kappa shape index (κ2) is 5.45. The normalized spacial score (nSPS) is 12.1. The van der Waals surface area contributed by atoms with Crippen molar-refractivity contribution < 1.29 is 5.11 Å². The van der Waals surface area contributed by atoms with E-state index in [1.54, 1.807) is 24.5 Å². The van der Waals surface area contributed by atoms with Gasteiger partial charge in [0.15, 0.2) is 0 Å². The summed E-state index contributed by atoms with van der Waals surface area (Å²) in [5, 5.41) is 17.8. The third kappa shape index (κ3) is 2.74. The SMILES string of the molecule is CC(CC(=N)c1cccnc1)c1ccccc1O. The Bertz CT molecular complexity index is 537. The summed E-state index contributed by atoms with van der Waals surface area (Å²) in [7, 11) is 0. The van der Waals surface area contributed by atoms with Crippen LogP contribution in [0.2, 0.25) is 0 Å². The fraction of sp³-hybridized carbons (Fsp3) is 0.200. The molecule has 2 aromatic rings. The molecule has 0 aliphatic carbocycles. The topological polar surface area (TPSA) is 57.0 Å². The van der Waals surface area contributed by atoms with Gasteiger partial charge in [0.1, 0.15) is 5.75 Å². The van der Waals surface area contributed by atoms with Crippen LogP contribution in [0.4, 0.5) is 0 Å². The molecular weight excluding hydrogens is 224 g/mol. The first-order chi connectivity index (χ1) is 8.68. The third-order valence-corrected chi connectivity index (χ3v) is 2.99. The van der Waals surface area contributed by atoms with Crippen LogP contribution in [-0.4, -0.2) is 15.8 Å². The molecule has 0 aliphatic rings. The molecule has 0 saturated carbocycles. The summed E-state index contributed by atoms with van der Waals surface area (Å²) < 4.78 is 0. The lowest BCUT2D eigenvalue weighted by molar-refractivity contribution is 0.463. The molecule has 0 fully saturated rings. The number of nitrogens with one attached hydrogen (secondary N) is 1. The summed E-state index contributed by atoms with van der Waals surface area (Å²) in [4.78, 5) is 4.01. The highest BCUT2D eigenvalue weighted by Crippen LogP contribution is 2.28. The molecule has 0 aliphatic heterocycles. The zero-order valence-electron chi connectivity index (χ0n) is 10.3. The summed E-state index contributed by atoms with van der Waals surface area (Å²) in [5.74, 6) is 0.405. The van der Waals surface area contributed by atoms with Crippen molar-refractivity contribution in [3.8, 4) is 5.75 Å². The minimum Gasteiger partial charge on any atom is -0.508 e. The molecule has 1 aromatic heterocycles. The van der Waals surface area contributed by atoms with Gasteiger partial charge < -0.3 is 10.5 Å². The van der Waals surface area contributed by atoms with Crippen LogP contribution in [-0.2, 0) is 0 Å². The van der Waals surface area contributed by atoms with Gasteiger partial charge in [0.25, 0.3) is 0 Å². The lowest BCUT2D eigenvalue weighted by Crippen LogP contribution is -2.05. The second-order valence-electron chi connectivity index (χ2n) is 4.38. The number of pyridine rings is 1. The Morgan fingerprint density at radius 2 is 2.06 bits per heavy atom. The van der Waals surface area contributed by atoms with Gasteiger partial charge in [-0.05, 0) is 30.0 Å². The Morgan fingerprint density at radius 3 is 2.72 bits per heavy atom. The van der Waals surface area contributed by atoms with E-state index < -0.39 is 0 Å². The first-order valence-corrected chi connectivity index (χ1v) is 5.94. The fourth-order valence-corrected chi connectivity index (χ4v) is 1.98. The summed E-state index contributed by atoms with van der Waals surface area (Å²) in [6, 6.07) is 11.0. The van der Waals surface area contributed by atoms with Gasteiger partial charge in [-0.3, -0.25) is 4.98 Å². The minimum absolute atomic E-state index is 0.110. The smallest absolute Gasteiger partial charge is 0.119 e. The van der Waals surface area contributed by atoms with Crippen molar-refractivity contribution in [2.75, 3.05) is 0 Å².